The average molecular weight is 290 g/mol. The highest BCUT2D eigenvalue weighted by Gasteiger charge is 2.27. The van der Waals surface area contributed by atoms with Crippen LogP contribution < -0.4 is 10.1 Å². The molecule has 0 aromatic heterocycles. The van der Waals surface area contributed by atoms with E-state index in [4.69, 9.17) is 4.74 Å². The minimum absolute atomic E-state index is 0.0588. The summed E-state index contributed by atoms with van der Waals surface area (Å²) in [7, 11) is 5.53. The number of carbonyl (C=O) groups excluding carboxylic acids is 1. The van der Waals surface area contributed by atoms with Gasteiger partial charge in [0.15, 0.2) is 0 Å². The summed E-state index contributed by atoms with van der Waals surface area (Å²) in [5, 5.41) is 3.33. The molecule has 2 rings (SSSR count). The zero-order chi connectivity index (χ0) is 15.4. The number of rotatable bonds is 4. The van der Waals surface area contributed by atoms with Crippen molar-refractivity contribution in [1.82, 2.24) is 10.2 Å². The first-order chi connectivity index (χ1) is 10.1. The van der Waals surface area contributed by atoms with Gasteiger partial charge in [-0.15, -0.1) is 0 Å². The maximum Gasteiger partial charge on any atom is 0.257 e. The van der Waals surface area contributed by atoms with Crippen molar-refractivity contribution in [2.45, 2.75) is 44.7 Å². The number of ether oxygens (including phenoxy) is 1. The van der Waals surface area contributed by atoms with Crippen molar-refractivity contribution in [2.24, 2.45) is 0 Å². The SMILES string of the molecule is CNC1CCC(N(C)C(=O)c2cc(C)ccc2OC)CC1. The summed E-state index contributed by atoms with van der Waals surface area (Å²) in [5.41, 5.74) is 1.74. The Bertz CT molecular complexity index is 494. The van der Waals surface area contributed by atoms with E-state index in [1.165, 1.54) is 0 Å². The lowest BCUT2D eigenvalue weighted by molar-refractivity contribution is 0.0682. The lowest BCUT2D eigenvalue weighted by Gasteiger charge is -2.34. The van der Waals surface area contributed by atoms with Gasteiger partial charge in [0.25, 0.3) is 5.91 Å². The first kappa shape index (κ1) is 15.8. The van der Waals surface area contributed by atoms with Crippen LogP contribution in [0.2, 0.25) is 0 Å². The Morgan fingerprint density at radius 1 is 1.29 bits per heavy atom. The van der Waals surface area contributed by atoms with Gasteiger partial charge in [-0.25, -0.2) is 0 Å². The maximum absolute atomic E-state index is 12.8. The second kappa shape index (κ2) is 6.94. The highest BCUT2D eigenvalue weighted by molar-refractivity contribution is 5.97. The molecular weight excluding hydrogens is 264 g/mol. The molecule has 0 aliphatic heterocycles. The molecule has 1 aromatic rings. The Balaban J connectivity index is 2.11. The van der Waals surface area contributed by atoms with Crippen LogP contribution in [0.1, 0.15) is 41.6 Å². The van der Waals surface area contributed by atoms with E-state index >= 15 is 0 Å². The molecule has 0 unspecified atom stereocenters. The minimum Gasteiger partial charge on any atom is -0.496 e. The lowest BCUT2D eigenvalue weighted by Crippen LogP contribution is -2.42. The highest BCUT2D eigenvalue weighted by Crippen LogP contribution is 2.26. The number of aryl methyl sites for hydroxylation is 1. The quantitative estimate of drug-likeness (QED) is 0.927. The molecule has 1 amide bonds. The van der Waals surface area contributed by atoms with Gasteiger partial charge in [-0.1, -0.05) is 11.6 Å². The van der Waals surface area contributed by atoms with Crippen LogP contribution in [0.15, 0.2) is 18.2 Å². The van der Waals surface area contributed by atoms with Crippen LogP contribution >= 0.6 is 0 Å². The van der Waals surface area contributed by atoms with Crippen molar-refractivity contribution in [1.29, 1.82) is 0 Å². The number of benzene rings is 1. The fraction of sp³-hybridized carbons (Fsp3) is 0.588. The number of nitrogens with zero attached hydrogens (tertiary/aromatic N) is 1. The fourth-order valence-electron chi connectivity index (χ4n) is 3.10. The first-order valence-corrected chi connectivity index (χ1v) is 7.66. The van der Waals surface area contributed by atoms with E-state index in [0.29, 0.717) is 23.4 Å². The van der Waals surface area contributed by atoms with E-state index < -0.39 is 0 Å². The molecule has 0 heterocycles. The third-order valence-corrected chi connectivity index (χ3v) is 4.56. The molecule has 1 N–H and O–H groups in total. The van der Waals surface area contributed by atoms with Crippen LogP contribution in [-0.4, -0.2) is 44.1 Å². The molecule has 1 aliphatic carbocycles. The van der Waals surface area contributed by atoms with Crippen LogP contribution in [0.25, 0.3) is 0 Å². The Morgan fingerprint density at radius 2 is 1.95 bits per heavy atom. The van der Waals surface area contributed by atoms with Gasteiger partial charge in [0, 0.05) is 19.1 Å². The van der Waals surface area contributed by atoms with Gasteiger partial charge in [0.2, 0.25) is 0 Å². The van der Waals surface area contributed by atoms with Crippen molar-refractivity contribution in [3.63, 3.8) is 0 Å². The van der Waals surface area contributed by atoms with Crippen LogP contribution in [-0.2, 0) is 0 Å². The molecule has 0 bridgehead atoms. The number of amides is 1. The molecule has 0 radical (unpaired) electrons. The monoisotopic (exact) mass is 290 g/mol. The summed E-state index contributed by atoms with van der Waals surface area (Å²) < 4.78 is 5.34. The number of nitrogens with one attached hydrogen (secondary N) is 1. The number of hydrogen-bond donors (Lipinski definition) is 1. The van der Waals surface area contributed by atoms with E-state index in [9.17, 15) is 4.79 Å². The summed E-state index contributed by atoms with van der Waals surface area (Å²) in [6.45, 7) is 1.99. The molecule has 4 heteroatoms. The summed E-state index contributed by atoms with van der Waals surface area (Å²) in [5.74, 6) is 0.713. The topological polar surface area (TPSA) is 41.6 Å². The summed E-state index contributed by atoms with van der Waals surface area (Å²) >= 11 is 0. The summed E-state index contributed by atoms with van der Waals surface area (Å²) in [6.07, 6.45) is 4.37. The molecule has 21 heavy (non-hydrogen) atoms. The lowest BCUT2D eigenvalue weighted by atomic mass is 9.90. The number of carbonyl (C=O) groups is 1. The van der Waals surface area contributed by atoms with Gasteiger partial charge in [-0.2, -0.15) is 0 Å². The molecule has 0 spiro atoms. The fourth-order valence-corrected chi connectivity index (χ4v) is 3.10. The molecule has 4 nitrogen and oxygen atoms in total. The third-order valence-electron chi connectivity index (χ3n) is 4.56. The van der Waals surface area contributed by atoms with Gasteiger partial charge >= 0.3 is 0 Å². The van der Waals surface area contributed by atoms with Gasteiger partial charge in [-0.05, 0) is 51.8 Å². The Hall–Kier alpha value is -1.55. The largest absolute Gasteiger partial charge is 0.496 e. The summed E-state index contributed by atoms with van der Waals surface area (Å²) in [4.78, 5) is 14.6. The molecule has 1 saturated carbocycles. The normalized spacial score (nSPS) is 21.9. The third kappa shape index (κ3) is 3.56. The van der Waals surface area contributed by atoms with Crippen molar-refractivity contribution in [3.8, 4) is 5.75 Å². The second-order valence-corrected chi connectivity index (χ2v) is 5.91. The molecule has 0 saturated heterocycles. The van der Waals surface area contributed by atoms with E-state index in [-0.39, 0.29) is 5.91 Å². The number of methoxy groups -OCH3 is 1. The number of hydrogen-bond acceptors (Lipinski definition) is 3. The van der Waals surface area contributed by atoms with Gasteiger partial charge in [-0.3, -0.25) is 4.79 Å². The smallest absolute Gasteiger partial charge is 0.257 e. The molecule has 1 aromatic carbocycles. The predicted molar refractivity (Wildman–Crippen MR) is 84.9 cm³/mol. The van der Waals surface area contributed by atoms with Crippen molar-refractivity contribution < 1.29 is 9.53 Å². The van der Waals surface area contributed by atoms with E-state index in [1.807, 2.05) is 44.1 Å². The summed E-state index contributed by atoms with van der Waals surface area (Å²) in [6, 6.07) is 6.67. The Kier molecular flexibility index (Phi) is 5.23. The maximum atomic E-state index is 12.8. The van der Waals surface area contributed by atoms with E-state index in [1.54, 1.807) is 7.11 Å². The molecule has 0 atom stereocenters. The van der Waals surface area contributed by atoms with Crippen molar-refractivity contribution in [2.75, 3.05) is 21.2 Å². The minimum atomic E-state index is 0.0588. The van der Waals surface area contributed by atoms with Gasteiger partial charge in [0.1, 0.15) is 5.75 Å². The molecule has 116 valence electrons. The average Bonchev–Trinajstić information content (AvgIpc) is 2.53. The molecule has 1 fully saturated rings. The first-order valence-electron chi connectivity index (χ1n) is 7.66. The van der Waals surface area contributed by atoms with Crippen LogP contribution in [0.3, 0.4) is 0 Å². The zero-order valence-corrected chi connectivity index (χ0v) is 13.5. The highest BCUT2D eigenvalue weighted by atomic mass is 16.5. The van der Waals surface area contributed by atoms with Crippen molar-refractivity contribution in [3.05, 3.63) is 29.3 Å². The molecular formula is C17H26N2O2. The standard InChI is InChI=1S/C17H26N2O2/c1-12-5-10-16(21-4)15(11-12)17(20)19(3)14-8-6-13(18-2)7-9-14/h5,10-11,13-14,18H,6-9H2,1-4H3. The van der Waals surface area contributed by atoms with Gasteiger partial charge < -0.3 is 15.0 Å². The van der Waals surface area contributed by atoms with Gasteiger partial charge in [0.05, 0.1) is 12.7 Å². The van der Waals surface area contributed by atoms with Crippen LogP contribution in [0, 0.1) is 6.92 Å². The second-order valence-electron chi connectivity index (χ2n) is 5.91. The predicted octanol–water partition coefficient (Wildman–Crippen LogP) is 2.61. The van der Waals surface area contributed by atoms with E-state index in [2.05, 4.69) is 5.32 Å². The Morgan fingerprint density at radius 3 is 2.52 bits per heavy atom. The van der Waals surface area contributed by atoms with E-state index in [0.717, 1.165) is 31.2 Å². The van der Waals surface area contributed by atoms with Crippen LogP contribution in [0.4, 0.5) is 0 Å². The van der Waals surface area contributed by atoms with Crippen molar-refractivity contribution >= 4 is 5.91 Å². The zero-order valence-electron chi connectivity index (χ0n) is 13.5. The Labute approximate surface area is 127 Å². The molecule has 1 aliphatic rings. The van der Waals surface area contributed by atoms with Crippen LogP contribution in [0.5, 0.6) is 5.75 Å².